The first kappa shape index (κ1) is 13.5. The number of benzene rings is 1. The van der Waals surface area contributed by atoms with Crippen molar-refractivity contribution in [3.63, 3.8) is 0 Å². The molecule has 21 heavy (non-hydrogen) atoms. The maximum absolute atomic E-state index is 6.11. The van der Waals surface area contributed by atoms with Gasteiger partial charge in [0.25, 0.3) is 0 Å². The average molecular weight is 280 g/mol. The fourth-order valence-electron chi connectivity index (χ4n) is 2.59. The third kappa shape index (κ3) is 2.84. The second-order valence-electron chi connectivity index (χ2n) is 5.18. The number of rotatable bonds is 5. The van der Waals surface area contributed by atoms with Crippen molar-refractivity contribution in [2.24, 2.45) is 0 Å². The third-order valence-electron chi connectivity index (χ3n) is 3.54. The lowest BCUT2D eigenvalue weighted by Crippen LogP contribution is -2.24. The highest BCUT2D eigenvalue weighted by Crippen LogP contribution is 2.24. The second kappa shape index (κ2) is 5.87. The van der Waals surface area contributed by atoms with Crippen molar-refractivity contribution in [1.29, 1.82) is 0 Å². The van der Waals surface area contributed by atoms with Gasteiger partial charge in [0.05, 0.1) is 23.6 Å². The Balaban J connectivity index is 1.90. The van der Waals surface area contributed by atoms with Gasteiger partial charge in [-0.2, -0.15) is 0 Å². The second-order valence-corrected chi connectivity index (χ2v) is 5.18. The van der Waals surface area contributed by atoms with Crippen molar-refractivity contribution in [1.82, 2.24) is 9.38 Å². The minimum absolute atomic E-state index is 0.768. The fourth-order valence-corrected chi connectivity index (χ4v) is 2.59. The number of nitrogens with two attached hydrogens (primary N) is 1. The average Bonchev–Trinajstić information content (AvgIpc) is 2.89. The predicted molar refractivity (Wildman–Crippen MR) is 87.4 cm³/mol. The highest BCUT2D eigenvalue weighted by molar-refractivity contribution is 5.67. The molecule has 0 bridgehead atoms. The highest BCUT2D eigenvalue weighted by Gasteiger charge is 2.11. The van der Waals surface area contributed by atoms with Crippen LogP contribution in [0.15, 0.2) is 54.9 Å². The van der Waals surface area contributed by atoms with Crippen molar-refractivity contribution in [3.05, 3.63) is 60.6 Å². The van der Waals surface area contributed by atoms with Crippen LogP contribution in [0, 0.1) is 0 Å². The third-order valence-corrected chi connectivity index (χ3v) is 3.54. The van der Waals surface area contributed by atoms with E-state index in [1.165, 1.54) is 0 Å². The molecule has 0 radical (unpaired) electrons. The molecule has 3 rings (SSSR count). The molecular formula is C17H20N4. The number of imidazole rings is 1. The Bertz CT molecular complexity index is 699. The van der Waals surface area contributed by atoms with Crippen LogP contribution in [0.1, 0.15) is 19.0 Å². The summed E-state index contributed by atoms with van der Waals surface area (Å²) >= 11 is 0. The lowest BCUT2D eigenvalue weighted by Gasteiger charge is -2.24. The molecule has 1 aromatic carbocycles. The lowest BCUT2D eigenvalue weighted by molar-refractivity contribution is 0.758. The molecule has 0 saturated carbocycles. The van der Waals surface area contributed by atoms with Crippen LogP contribution in [-0.4, -0.2) is 15.9 Å². The van der Waals surface area contributed by atoms with Gasteiger partial charge < -0.3 is 15.0 Å². The largest absolute Gasteiger partial charge is 0.397 e. The van der Waals surface area contributed by atoms with Gasteiger partial charge in [-0.25, -0.2) is 4.98 Å². The van der Waals surface area contributed by atoms with Crippen LogP contribution in [-0.2, 0) is 6.54 Å². The topological polar surface area (TPSA) is 46.6 Å². The SMILES string of the molecule is CCCN(Cc1cn2ccccc2n1)c1ccccc1N. The standard InChI is InChI=1S/C17H20N4/c1-2-10-20(16-8-4-3-7-15(16)18)12-14-13-21-11-6-5-9-17(21)19-14/h3-9,11,13H,2,10,12,18H2,1H3. The van der Waals surface area contributed by atoms with E-state index in [-0.39, 0.29) is 0 Å². The van der Waals surface area contributed by atoms with Crippen molar-refractivity contribution in [2.45, 2.75) is 19.9 Å². The Morgan fingerprint density at radius 2 is 1.95 bits per heavy atom. The van der Waals surface area contributed by atoms with Gasteiger partial charge in [0.2, 0.25) is 0 Å². The molecule has 2 aromatic heterocycles. The number of nitrogens with zero attached hydrogens (tertiary/aromatic N) is 3. The maximum Gasteiger partial charge on any atom is 0.137 e. The van der Waals surface area contributed by atoms with Gasteiger partial charge >= 0.3 is 0 Å². The van der Waals surface area contributed by atoms with E-state index in [9.17, 15) is 0 Å². The van der Waals surface area contributed by atoms with Crippen LogP contribution in [0.3, 0.4) is 0 Å². The number of hydrogen-bond donors (Lipinski definition) is 1. The molecule has 0 fully saturated rings. The van der Waals surface area contributed by atoms with Crippen molar-refractivity contribution in [2.75, 3.05) is 17.2 Å². The van der Waals surface area contributed by atoms with E-state index in [2.05, 4.69) is 29.1 Å². The molecular weight excluding hydrogens is 260 g/mol. The number of para-hydroxylation sites is 2. The van der Waals surface area contributed by atoms with E-state index in [4.69, 9.17) is 5.73 Å². The van der Waals surface area contributed by atoms with E-state index in [1.54, 1.807) is 0 Å². The summed E-state index contributed by atoms with van der Waals surface area (Å²) in [5.74, 6) is 0. The van der Waals surface area contributed by atoms with E-state index < -0.39 is 0 Å². The first-order chi connectivity index (χ1) is 10.3. The smallest absolute Gasteiger partial charge is 0.137 e. The molecule has 0 saturated heterocycles. The monoisotopic (exact) mass is 280 g/mol. The molecule has 4 nitrogen and oxygen atoms in total. The quantitative estimate of drug-likeness (QED) is 0.729. The predicted octanol–water partition coefficient (Wildman–Crippen LogP) is 3.33. The van der Waals surface area contributed by atoms with Gasteiger partial charge in [-0.15, -0.1) is 0 Å². The van der Waals surface area contributed by atoms with Crippen molar-refractivity contribution < 1.29 is 0 Å². The van der Waals surface area contributed by atoms with Gasteiger partial charge in [-0.05, 0) is 30.7 Å². The summed E-state index contributed by atoms with van der Waals surface area (Å²) in [5, 5.41) is 0. The number of anilines is 2. The molecule has 0 atom stereocenters. The van der Waals surface area contributed by atoms with E-state index in [0.29, 0.717) is 0 Å². The molecule has 0 aliphatic heterocycles. The molecule has 0 amide bonds. The van der Waals surface area contributed by atoms with Crippen LogP contribution in [0.4, 0.5) is 11.4 Å². The first-order valence-corrected chi connectivity index (χ1v) is 7.30. The van der Waals surface area contributed by atoms with Crippen LogP contribution in [0.5, 0.6) is 0 Å². The number of aromatic nitrogens is 2. The summed E-state index contributed by atoms with van der Waals surface area (Å²) < 4.78 is 2.05. The fraction of sp³-hybridized carbons (Fsp3) is 0.235. The minimum Gasteiger partial charge on any atom is -0.397 e. The van der Waals surface area contributed by atoms with Crippen LogP contribution < -0.4 is 10.6 Å². The summed E-state index contributed by atoms with van der Waals surface area (Å²) in [6, 6.07) is 14.0. The highest BCUT2D eigenvalue weighted by atomic mass is 15.2. The summed E-state index contributed by atoms with van der Waals surface area (Å²) in [6.07, 6.45) is 5.17. The van der Waals surface area contributed by atoms with Gasteiger partial charge in [0, 0.05) is 18.9 Å². The number of pyridine rings is 1. The molecule has 0 spiro atoms. The van der Waals surface area contributed by atoms with Crippen molar-refractivity contribution in [3.8, 4) is 0 Å². The van der Waals surface area contributed by atoms with Crippen molar-refractivity contribution >= 4 is 17.0 Å². The summed E-state index contributed by atoms with van der Waals surface area (Å²) in [7, 11) is 0. The minimum atomic E-state index is 0.768. The maximum atomic E-state index is 6.11. The van der Waals surface area contributed by atoms with Gasteiger partial charge in [0.15, 0.2) is 0 Å². The van der Waals surface area contributed by atoms with E-state index in [0.717, 1.165) is 42.2 Å². The normalized spacial score (nSPS) is 10.9. The number of hydrogen-bond acceptors (Lipinski definition) is 3. The number of nitrogen functional groups attached to an aromatic ring is 1. The first-order valence-electron chi connectivity index (χ1n) is 7.30. The van der Waals surface area contributed by atoms with Crippen LogP contribution in [0.2, 0.25) is 0 Å². The Morgan fingerprint density at radius 1 is 1.14 bits per heavy atom. The Kier molecular flexibility index (Phi) is 3.77. The van der Waals surface area contributed by atoms with E-state index >= 15 is 0 Å². The number of fused-ring (bicyclic) bond motifs is 1. The Morgan fingerprint density at radius 3 is 2.71 bits per heavy atom. The molecule has 3 aromatic rings. The zero-order valence-electron chi connectivity index (χ0n) is 12.2. The Labute approximate surface area is 124 Å². The molecule has 4 heteroatoms. The lowest BCUT2D eigenvalue weighted by atomic mass is 10.2. The summed E-state index contributed by atoms with van der Waals surface area (Å²) in [5.41, 5.74) is 10.0. The summed E-state index contributed by atoms with van der Waals surface area (Å²) in [6.45, 7) is 3.90. The zero-order valence-corrected chi connectivity index (χ0v) is 12.2. The molecule has 2 N–H and O–H groups in total. The van der Waals surface area contributed by atoms with Gasteiger partial charge in [-0.1, -0.05) is 25.1 Å². The zero-order chi connectivity index (χ0) is 14.7. The van der Waals surface area contributed by atoms with Crippen LogP contribution in [0.25, 0.3) is 5.65 Å². The van der Waals surface area contributed by atoms with Gasteiger partial charge in [-0.3, -0.25) is 0 Å². The van der Waals surface area contributed by atoms with Crippen LogP contribution >= 0.6 is 0 Å². The molecule has 0 aliphatic carbocycles. The Hall–Kier alpha value is -2.49. The molecule has 108 valence electrons. The van der Waals surface area contributed by atoms with E-state index in [1.807, 2.05) is 47.0 Å². The molecule has 0 aliphatic rings. The van der Waals surface area contributed by atoms with Gasteiger partial charge in [0.1, 0.15) is 5.65 Å². The molecule has 2 heterocycles. The summed E-state index contributed by atoms with van der Waals surface area (Å²) in [4.78, 5) is 6.96. The molecule has 0 unspecified atom stereocenters.